The van der Waals surface area contributed by atoms with Gasteiger partial charge in [-0.15, -0.1) is 0 Å². The van der Waals surface area contributed by atoms with E-state index in [0.29, 0.717) is 22.9 Å². The van der Waals surface area contributed by atoms with Gasteiger partial charge in [-0.25, -0.2) is 0 Å². The molecule has 1 aliphatic rings. The van der Waals surface area contributed by atoms with Crippen LogP contribution in [0.1, 0.15) is 53.3 Å². The van der Waals surface area contributed by atoms with E-state index >= 15 is 0 Å². The van der Waals surface area contributed by atoms with E-state index in [2.05, 4.69) is 17.2 Å². The van der Waals surface area contributed by atoms with Gasteiger partial charge in [0, 0.05) is 36.7 Å². The van der Waals surface area contributed by atoms with Crippen LogP contribution in [0.25, 0.3) is 0 Å². The van der Waals surface area contributed by atoms with Crippen molar-refractivity contribution in [3.05, 3.63) is 59.9 Å². The molecule has 3 rings (SSSR count). The SMILES string of the molecule is CC1CCC(N(C)C(=O)c2cccc(NC(=O)c3cccnc3)c2)CC1. The first-order valence-electron chi connectivity index (χ1n) is 9.13. The van der Waals surface area contributed by atoms with E-state index in [1.54, 1.807) is 42.6 Å². The molecule has 1 heterocycles. The molecule has 0 radical (unpaired) electrons. The Morgan fingerprint density at radius 2 is 1.81 bits per heavy atom. The van der Waals surface area contributed by atoms with E-state index in [1.165, 1.54) is 19.0 Å². The zero-order valence-electron chi connectivity index (χ0n) is 15.3. The molecule has 5 nitrogen and oxygen atoms in total. The maximum Gasteiger partial charge on any atom is 0.257 e. The summed E-state index contributed by atoms with van der Waals surface area (Å²) in [5.74, 6) is 0.514. The Morgan fingerprint density at radius 3 is 2.50 bits per heavy atom. The van der Waals surface area contributed by atoms with Gasteiger partial charge in [-0.1, -0.05) is 13.0 Å². The quantitative estimate of drug-likeness (QED) is 0.906. The minimum Gasteiger partial charge on any atom is -0.339 e. The predicted octanol–water partition coefficient (Wildman–Crippen LogP) is 3.98. The van der Waals surface area contributed by atoms with Crippen LogP contribution in [-0.2, 0) is 0 Å². The Labute approximate surface area is 154 Å². The summed E-state index contributed by atoms with van der Waals surface area (Å²) in [4.78, 5) is 30.9. The highest BCUT2D eigenvalue weighted by Crippen LogP contribution is 2.27. The highest BCUT2D eigenvalue weighted by molar-refractivity contribution is 6.04. The van der Waals surface area contributed by atoms with Gasteiger partial charge in [0.2, 0.25) is 0 Å². The van der Waals surface area contributed by atoms with Crippen molar-refractivity contribution in [1.29, 1.82) is 0 Å². The van der Waals surface area contributed by atoms with Crippen LogP contribution in [0.2, 0.25) is 0 Å². The van der Waals surface area contributed by atoms with Crippen LogP contribution in [0.3, 0.4) is 0 Å². The summed E-state index contributed by atoms with van der Waals surface area (Å²) >= 11 is 0. The fraction of sp³-hybridized carbons (Fsp3) is 0.381. The van der Waals surface area contributed by atoms with Crippen LogP contribution in [0.4, 0.5) is 5.69 Å². The standard InChI is InChI=1S/C21H25N3O2/c1-15-8-10-19(11-9-15)24(2)21(26)16-5-3-7-18(13-16)23-20(25)17-6-4-12-22-14-17/h3-7,12-15,19H,8-11H2,1-2H3,(H,23,25). The van der Waals surface area contributed by atoms with Gasteiger partial charge in [0.25, 0.3) is 11.8 Å². The average Bonchev–Trinajstić information content (AvgIpc) is 2.68. The molecular weight excluding hydrogens is 326 g/mol. The lowest BCUT2D eigenvalue weighted by Crippen LogP contribution is -2.39. The number of carbonyl (C=O) groups excluding carboxylic acids is 2. The normalized spacial score (nSPS) is 19.6. The molecule has 1 saturated carbocycles. The van der Waals surface area contributed by atoms with Crippen molar-refractivity contribution in [2.75, 3.05) is 12.4 Å². The van der Waals surface area contributed by atoms with Crippen LogP contribution in [0, 0.1) is 5.92 Å². The molecule has 0 saturated heterocycles. The topological polar surface area (TPSA) is 62.3 Å². The van der Waals surface area contributed by atoms with Gasteiger partial charge in [0.05, 0.1) is 5.56 Å². The van der Waals surface area contributed by atoms with Gasteiger partial charge >= 0.3 is 0 Å². The highest BCUT2D eigenvalue weighted by Gasteiger charge is 2.25. The van der Waals surface area contributed by atoms with Crippen molar-refractivity contribution in [1.82, 2.24) is 9.88 Å². The zero-order valence-corrected chi connectivity index (χ0v) is 15.3. The third kappa shape index (κ3) is 4.28. The summed E-state index contributed by atoms with van der Waals surface area (Å²) in [7, 11) is 1.88. The molecule has 2 amide bonds. The minimum atomic E-state index is -0.239. The fourth-order valence-corrected chi connectivity index (χ4v) is 3.43. The van der Waals surface area contributed by atoms with Crippen LogP contribution >= 0.6 is 0 Å². The van der Waals surface area contributed by atoms with Crippen LogP contribution in [0.15, 0.2) is 48.8 Å². The summed E-state index contributed by atoms with van der Waals surface area (Å²) in [6.45, 7) is 2.27. The summed E-state index contributed by atoms with van der Waals surface area (Å²) in [5.41, 5.74) is 1.68. The third-order valence-electron chi connectivity index (χ3n) is 5.14. The van der Waals surface area contributed by atoms with Crippen LogP contribution in [-0.4, -0.2) is 34.8 Å². The second kappa shape index (κ2) is 8.13. The van der Waals surface area contributed by atoms with Gasteiger partial charge in [0.1, 0.15) is 0 Å². The Morgan fingerprint density at radius 1 is 1.08 bits per heavy atom. The lowest BCUT2D eigenvalue weighted by atomic mass is 9.86. The molecule has 1 aromatic carbocycles. The second-order valence-electron chi connectivity index (χ2n) is 7.11. The number of rotatable bonds is 4. The number of carbonyl (C=O) groups is 2. The highest BCUT2D eigenvalue weighted by atomic mass is 16.2. The first-order chi connectivity index (χ1) is 12.5. The molecule has 1 N–H and O–H groups in total. The number of benzene rings is 1. The van der Waals surface area contributed by atoms with Crippen molar-refractivity contribution in [2.24, 2.45) is 5.92 Å². The van der Waals surface area contributed by atoms with E-state index in [9.17, 15) is 9.59 Å². The molecule has 0 bridgehead atoms. The lowest BCUT2D eigenvalue weighted by molar-refractivity contribution is 0.0679. The van der Waals surface area contributed by atoms with Crippen molar-refractivity contribution in [3.8, 4) is 0 Å². The van der Waals surface area contributed by atoms with Gasteiger partial charge < -0.3 is 10.2 Å². The molecule has 1 aromatic heterocycles. The van der Waals surface area contributed by atoms with Gasteiger partial charge in [-0.2, -0.15) is 0 Å². The number of amides is 2. The van der Waals surface area contributed by atoms with Crippen LogP contribution < -0.4 is 5.32 Å². The summed E-state index contributed by atoms with van der Waals surface area (Å²) in [6, 6.07) is 10.8. The molecule has 0 spiro atoms. The number of aromatic nitrogens is 1. The van der Waals surface area contributed by atoms with Crippen molar-refractivity contribution < 1.29 is 9.59 Å². The molecule has 1 aliphatic carbocycles. The van der Waals surface area contributed by atoms with Gasteiger partial charge in [-0.3, -0.25) is 14.6 Å². The Bertz CT molecular complexity index is 768. The lowest BCUT2D eigenvalue weighted by Gasteiger charge is -2.33. The smallest absolute Gasteiger partial charge is 0.257 e. The summed E-state index contributed by atoms with van der Waals surface area (Å²) in [6.07, 6.45) is 7.59. The van der Waals surface area contributed by atoms with E-state index in [0.717, 1.165) is 18.8 Å². The van der Waals surface area contributed by atoms with Gasteiger partial charge in [0.15, 0.2) is 0 Å². The first kappa shape index (κ1) is 18.1. The monoisotopic (exact) mass is 351 g/mol. The minimum absolute atomic E-state index is 0.00188. The fourth-order valence-electron chi connectivity index (χ4n) is 3.43. The maximum absolute atomic E-state index is 12.8. The van der Waals surface area contributed by atoms with Crippen molar-refractivity contribution in [2.45, 2.75) is 38.6 Å². The molecule has 5 heteroatoms. The Kier molecular flexibility index (Phi) is 5.66. The van der Waals surface area contributed by atoms with E-state index in [4.69, 9.17) is 0 Å². The first-order valence-corrected chi connectivity index (χ1v) is 9.13. The molecule has 1 fully saturated rings. The van der Waals surface area contributed by atoms with Crippen molar-refractivity contribution >= 4 is 17.5 Å². The number of hydrogen-bond donors (Lipinski definition) is 1. The molecule has 2 aromatic rings. The molecular formula is C21H25N3O2. The number of pyridine rings is 1. The van der Waals surface area contributed by atoms with E-state index in [1.807, 2.05) is 11.9 Å². The van der Waals surface area contributed by atoms with Gasteiger partial charge in [-0.05, 0) is 61.9 Å². The summed E-state index contributed by atoms with van der Waals surface area (Å²) in [5, 5.41) is 2.83. The van der Waals surface area contributed by atoms with E-state index < -0.39 is 0 Å². The third-order valence-corrected chi connectivity index (χ3v) is 5.14. The second-order valence-corrected chi connectivity index (χ2v) is 7.11. The van der Waals surface area contributed by atoms with Crippen molar-refractivity contribution in [3.63, 3.8) is 0 Å². The Hall–Kier alpha value is -2.69. The van der Waals surface area contributed by atoms with E-state index in [-0.39, 0.29) is 11.8 Å². The molecule has 0 aliphatic heterocycles. The molecule has 0 atom stereocenters. The maximum atomic E-state index is 12.8. The zero-order chi connectivity index (χ0) is 18.5. The number of nitrogens with one attached hydrogen (secondary N) is 1. The summed E-state index contributed by atoms with van der Waals surface area (Å²) < 4.78 is 0. The molecule has 26 heavy (non-hydrogen) atoms. The number of nitrogens with zero attached hydrogens (tertiary/aromatic N) is 2. The Balaban J connectivity index is 1.68. The molecule has 136 valence electrons. The number of anilines is 1. The molecule has 0 unspecified atom stereocenters. The predicted molar refractivity (Wildman–Crippen MR) is 102 cm³/mol. The van der Waals surface area contributed by atoms with Crippen LogP contribution in [0.5, 0.6) is 0 Å². The largest absolute Gasteiger partial charge is 0.339 e. The average molecular weight is 351 g/mol. The number of hydrogen-bond acceptors (Lipinski definition) is 3.